The molecule has 10 rings (SSSR count). The van der Waals surface area contributed by atoms with Crippen molar-refractivity contribution in [3.05, 3.63) is 106 Å². The Bertz CT molecular complexity index is 2750. The summed E-state index contributed by atoms with van der Waals surface area (Å²) in [4.78, 5) is 40.3. The number of nitrogens with one attached hydrogen (secondary N) is 2. The Balaban J connectivity index is 0.757. The highest BCUT2D eigenvalue weighted by Crippen LogP contribution is 2.61. The molecule has 5 fully saturated rings. The molecule has 16 heteroatoms. The van der Waals surface area contributed by atoms with Gasteiger partial charge in [-0.2, -0.15) is 13.0 Å². The molecule has 2 aromatic carbocycles. The van der Waals surface area contributed by atoms with Crippen molar-refractivity contribution in [1.82, 2.24) is 10.6 Å². The number of fused-ring (bicyclic) bond motifs is 4. The number of carbonyl (C=O) groups is 2. The molecular weight excluding hydrogens is 992 g/mol. The molecule has 1 unspecified atom stereocenters. The van der Waals surface area contributed by atoms with E-state index < -0.39 is 40.2 Å². The van der Waals surface area contributed by atoms with Gasteiger partial charge in [-0.05, 0) is 132 Å². The fourth-order valence-corrected chi connectivity index (χ4v) is 14.3. The molecule has 2 bridgehead atoms. The first kappa shape index (κ1) is 55.4. The van der Waals surface area contributed by atoms with Gasteiger partial charge in [0.15, 0.2) is 17.6 Å². The van der Waals surface area contributed by atoms with Crippen LogP contribution in [-0.4, -0.2) is 91.2 Å². The molecule has 75 heavy (non-hydrogen) atoms. The first-order valence-corrected chi connectivity index (χ1v) is 29.7. The number of amides is 2. The Kier molecular flexibility index (Phi) is 16.7. The first-order valence-electron chi connectivity index (χ1n) is 27.7. The second-order valence-corrected chi connectivity index (χ2v) is 25.3. The number of nitrogens with zero attached hydrogens (tertiary/aromatic N) is 2. The number of hydrogen-bond acceptors (Lipinski definition) is 10. The van der Waals surface area contributed by atoms with E-state index in [0.29, 0.717) is 57.7 Å². The molecule has 8 aliphatic rings. The van der Waals surface area contributed by atoms with Crippen LogP contribution in [0, 0.1) is 23.7 Å². The third-order valence-corrected chi connectivity index (χ3v) is 18.8. The van der Waals surface area contributed by atoms with Gasteiger partial charge in [-0.25, -0.2) is 14.6 Å². The molecule has 0 aromatic heterocycles. The maximum absolute atomic E-state index is 13.0. The summed E-state index contributed by atoms with van der Waals surface area (Å²) in [6.45, 7) is 17.5. The van der Waals surface area contributed by atoms with Crippen LogP contribution in [0.25, 0.3) is 0 Å². The third kappa shape index (κ3) is 11.5. The van der Waals surface area contributed by atoms with Crippen molar-refractivity contribution in [3.63, 3.8) is 0 Å². The van der Waals surface area contributed by atoms with Crippen molar-refractivity contribution >= 4 is 50.8 Å². The Morgan fingerprint density at radius 3 is 2.41 bits per heavy atom. The van der Waals surface area contributed by atoms with Gasteiger partial charge in [0.1, 0.15) is 6.54 Å². The second kappa shape index (κ2) is 22.6. The van der Waals surface area contributed by atoms with Gasteiger partial charge in [0.25, 0.3) is 10.1 Å². The van der Waals surface area contributed by atoms with Crippen molar-refractivity contribution in [2.24, 2.45) is 23.7 Å². The number of unbranched alkanes of at least 4 members (excludes halogenated alkanes) is 3. The summed E-state index contributed by atoms with van der Waals surface area (Å²) in [6.07, 6.45) is 17.7. The maximum atomic E-state index is 13.0. The van der Waals surface area contributed by atoms with Gasteiger partial charge in [-0.15, -0.1) is 0 Å². The molecule has 4 saturated heterocycles. The Morgan fingerprint density at radius 1 is 0.853 bits per heavy atom. The van der Waals surface area contributed by atoms with E-state index in [2.05, 4.69) is 128 Å². The molecule has 408 valence electrons. The molecule has 14 nitrogen and oxygen atoms in total. The maximum Gasteiger partial charge on any atom is 0.409 e. The molecule has 2 aromatic rings. The van der Waals surface area contributed by atoms with Crippen LogP contribution < -0.4 is 15.5 Å². The van der Waals surface area contributed by atoms with Crippen LogP contribution in [0.2, 0.25) is 0 Å². The van der Waals surface area contributed by atoms with Crippen LogP contribution in [0.1, 0.15) is 149 Å². The minimum absolute atomic E-state index is 0.00172. The Morgan fingerprint density at radius 2 is 1.61 bits per heavy atom. The predicted molar refractivity (Wildman–Crippen MR) is 291 cm³/mol. The van der Waals surface area contributed by atoms with Crippen molar-refractivity contribution in [2.75, 3.05) is 36.8 Å². The molecule has 3 N–H and O–H groups in total. The zero-order valence-electron chi connectivity index (χ0n) is 45.1. The average molecular weight is 1070 g/mol. The quantitative estimate of drug-likeness (QED) is 0.0531. The highest BCUT2D eigenvalue weighted by atomic mass is 35.5. The number of rotatable bonds is 19. The summed E-state index contributed by atoms with van der Waals surface area (Å²) in [5, 5.41) is 6.65. The lowest BCUT2D eigenvalue weighted by molar-refractivity contribution is -0.576. The number of alkyl carbamates (subject to hydrolysis) is 1. The molecule has 6 heterocycles. The summed E-state index contributed by atoms with van der Waals surface area (Å²) in [5.41, 5.74) is 8.17. The molecule has 0 radical (unpaired) electrons. The number of ether oxygens (including phenoxy) is 3. The Labute approximate surface area is 450 Å². The number of anilines is 1. The van der Waals surface area contributed by atoms with Gasteiger partial charge < -0.3 is 29.7 Å². The lowest BCUT2D eigenvalue weighted by atomic mass is 9.58. The molecule has 2 amide bonds. The number of allylic oxidation sites excluding steroid dienone is 8. The van der Waals surface area contributed by atoms with Crippen LogP contribution in [0.15, 0.2) is 94.7 Å². The van der Waals surface area contributed by atoms with Gasteiger partial charge in [0, 0.05) is 90.3 Å². The second-order valence-electron chi connectivity index (χ2n) is 23.4. The number of carbonyl (C=O) groups excluding carboxylic acids is 2. The molecule has 1 spiro atoms. The van der Waals surface area contributed by atoms with E-state index in [1.807, 2.05) is 13.0 Å². The number of para-hydroxylation sites is 2. The van der Waals surface area contributed by atoms with E-state index in [1.54, 1.807) is 0 Å². The first-order chi connectivity index (χ1) is 35.7. The fraction of sp³-hybridized carbons (Fsp3) is 0.610. The van der Waals surface area contributed by atoms with Crippen molar-refractivity contribution in [3.8, 4) is 0 Å². The van der Waals surface area contributed by atoms with E-state index in [1.165, 1.54) is 22.5 Å². The normalized spacial score (nSPS) is 30.7. The van der Waals surface area contributed by atoms with E-state index in [-0.39, 0.29) is 40.2 Å². The predicted octanol–water partition coefficient (Wildman–Crippen LogP) is 11.6. The highest BCUT2D eigenvalue weighted by Gasteiger charge is 2.70. The molecule has 1 saturated carbocycles. The minimum Gasteiger partial charge on any atom is -0.419 e. The van der Waals surface area contributed by atoms with Gasteiger partial charge in [0.05, 0.1) is 11.2 Å². The zero-order chi connectivity index (χ0) is 53.3. The topological polar surface area (TPSA) is 165 Å². The summed E-state index contributed by atoms with van der Waals surface area (Å²) in [5.74, 6) is -0.533. The largest absolute Gasteiger partial charge is 0.419 e. The van der Waals surface area contributed by atoms with Crippen molar-refractivity contribution in [2.45, 2.75) is 173 Å². The van der Waals surface area contributed by atoms with Crippen LogP contribution in [0.3, 0.4) is 0 Å². The lowest BCUT2D eigenvalue weighted by Crippen LogP contribution is -2.70. The van der Waals surface area contributed by atoms with Gasteiger partial charge >= 0.3 is 6.09 Å². The molecular formula is C59H80ClN4O10S+. The van der Waals surface area contributed by atoms with Crippen LogP contribution in [-0.2, 0) is 49.7 Å². The summed E-state index contributed by atoms with van der Waals surface area (Å²) in [7, 11) is -4.01. The average Bonchev–Trinajstić information content (AvgIpc) is 3.59. The summed E-state index contributed by atoms with van der Waals surface area (Å²) < 4.78 is 53.3. The van der Waals surface area contributed by atoms with E-state index >= 15 is 0 Å². The number of hydrogen-bond donors (Lipinski definition) is 3. The number of benzene rings is 2. The third-order valence-electron chi connectivity index (χ3n) is 17.5. The van der Waals surface area contributed by atoms with Crippen LogP contribution >= 0.6 is 11.6 Å². The molecule has 8 atom stereocenters. The zero-order valence-corrected chi connectivity index (χ0v) is 46.7. The molecule has 2 aliphatic carbocycles. The monoisotopic (exact) mass is 1070 g/mol. The van der Waals surface area contributed by atoms with Crippen molar-refractivity contribution < 1.29 is 51.1 Å². The van der Waals surface area contributed by atoms with Crippen LogP contribution in [0.4, 0.5) is 16.2 Å². The van der Waals surface area contributed by atoms with Gasteiger partial charge in [-0.1, -0.05) is 87.8 Å². The summed E-state index contributed by atoms with van der Waals surface area (Å²) in [6, 6.07) is 17.0. The van der Waals surface area contributed by atoms with E-state index in [0.717, 1.165) is 91.9 Å². The SMILES string of the molecule is C[C@@H]1CC[C@H]2[C@@H](C)C(OC(=O)NCCCNC(=O)CCCCC[N+]3=C(C=CC4=C(Cl)C(=CC=C5N(CCCCS(=O)(=O)O)c6ccccc6C5(C)C)CCC4)C(C)(C)c4ccccc43)O[C@@H]3O[C@@]4(C)CC[C@@H]1[C@]32OO4. The summed E-state index contributed by atoms with van der Waals surface area (Å²) >= 11 is 7.29. The minimum atomic E-state index is -4.01. The van der Waals surface area contributed by atoms with E-state index in [4.69, 9.17) is 35.6 Å². The van der Waals surface area contributed by atoms with Crippen LogP contribution in [0.5, 0.6) is 0 Å². The lowest BCUT2D eigenvalue weighted by Gasteiger charge is -2.59. The molecule has 6 aliphatic heterocycles. The smallest absolute Gasteiger partial charge is 0.409 e. The Hall–Kier alpha value is -4.35. The highest BCUT2D eigenvalue weighted by molar-refractivity contribution is 7.85. The van der Waals surface area contributed by atoms with Gasteiger partial charge in [-0.3, -0.25) is 9.35 Å². The standard InChI is InChI=1S/C59H79ClN4O10S/c1-39-26-29-44-40(2)53(70-54-59(44)43(39)32-33-58(7,72-54)73-74-59)71-55(66)62-35-18-34-61-51(65)25-9-8-14-36-63-47-23-12-10-21-45(47)56(3,4)49(63)30-27-41-19-17-20-42(52(41)60)28-31-50-57(5,6)46-22-11-13-24-48(46)64(50)37-15-16-38-75(67,68)69/h10-13,21-24,27-28,30-31,39-40,43-44,53-54H,8-9,14-20,25-26,29,32-38H2,1-7H3,(H2-,61,62,65,66,67,68,69)/p+1/t39-,40-,43+,44+,53?,54-,58-,59-/m1/s1. The van der Waals surface area contributed by atoms with Gasteiger partial charge in [0.2, 0.25) is 23.7 Å². The van der Waals surface area contributed by atoms with Crippen molar-refractivity contribution in [1.29, 1.82) is 0 Å². The fourth-order valence-electron chi connectivity index (χ4n) is 13.4. The van der Waals surface area contributed by atoms with E-state index in [9.17, 15) is 22.6 Å². The number of halogens is 1.